The molecular formula is C16H24N4OS2. The first-order chi connectivity index (χ1) is 10.9. The monoisotopic (exact) mass is 352 g/mol. The molecule has 1 unspecified atom stereocenters. The van der Waals surface area contributed by atoms with Crippen LogP contribution in [0.1, 0.15) is 39.1 Å². The van der Waals surface area contributed by atoms with Crippen molar-refractivity contribution in [2.45, 2.75) is 38.0 Å². The molecule has 7 heteroatoms. The van der Waals surface area contributed by atoms with Crippen molar-refractivity contribution < 1.29 is 4.79 Å². The van der Waals surface area contributed by atoms with Gasteiger partial charge in [0.1, 0.15) is 0 Å². The van der Waals surface area contributed by atoms with Crippen molar-refractivity contribution in [2.24, 2.45) is 0 Å². The summed E-state index contributed by atoms with van der Waals surface area (Å²) in [5.74, 6) is 2.25. The van der Waals surface area contributed by atoms with E-state index in [-0.39, 0.29) is 16.7 Å². The Hall–Kier alpha value is -1.21. The Morgan fingerprint density at radius 3 is 2.83 bits per heavy atom. The molecule has 0 aliphatic rings. The van der Waals surface area contributed by atoms with Crippen LogP contribution in [0.15, 0.2) is 24.4 Å². The molecule has 0 aliphatic carbocycles. The topological polar surface area (TPSA) is 59.3 Å². The second-order valence-electron chi connectivity index (χ2n) is 6.29. The Morgan fingerprint density at radius 1 is 1.35 bits per heavy atom. The lowest BCUT2D eigenvalue weighted by atomic mass is 10.2. The fourth-order valence-electron chi connectivity index (χ4n) is 2.12. The molecule has 0 fully saturated rings. The molecule has 1 N–H and O–H groups in total. The van der Waals surface area contributed by atoms with Gasteiger partial charge in [0.25, 0.3) is 0 Å². The molecule has 0 radical (unpaired) electrons. The molecular weight excluding hydrogens is 328 g/mol. The Bertz CT molecular complexity index is 651. The molecule has 1 atom stereocenters. The minimum absolute atomic E-state index is 0.0451. The van der Waals surface area contributed by atoms with Gasteiger partial charge < -0.3 is 5.32 Å². The van der Waals surface area contributed by atoms with E-state index in [4.69, 9.17) is 0 Å². The van der Waals surface area contributed by atoms with Gasteiger partial charge in [0.15, 0.2) is 11.5 Å². The number of hydrogen-bond acceptors (Lipinski definition) is 5. The summed E-state index contributed by atoms with van der Waals surface area (Å²) in [7, 11) is 0. The van der Waals surface area contributed by atoms with Gasteiger partial charge in [-0.2, -0.15) is 11.8 Å². The van der Waals surface area contributed by atoms with Crippen molar-refractivity contribution >= 4 is 35.1 Å². The van der Waals surface area contributed by atoms with Gasteiger partial charge in [-0.1, -0.05) is 26.8 Å². The SMILES string of the molecule is CSCCC(NC(=O)CSC(C)(C)C)c1nnc2ccccn12. The Balaban J connectivity index is 2.12. The second kappa shape index (κ2) is 8.06. The van der Waals surface area contributed by atoms with E-state index in [1.807, 2.05) is 28.8 Å². The number of carbonyl (C=O) groups excluding carboxylic acids is 1. The van der Waals surface area contributed by atoms with Gasteiger partial charge in [-0.15, -0.1) is 22.0 Å². The van der Waals surface area contributed by atoms with Crippen LogP contribution in [-0.4, -0.2) is 43.0 Å². The Morgan fingerprint density at radius 2 is 2.13 bits per heavy atom. The van der Waals surface area contributed by atoms with Crippen LogP contribution in [0.2, 0.25) is 0 Å². The molecule has 0 spiro atoms. The van der Waals surface area contributed by atoms with E-state index in [1.54, 1.807) is 23.5 Å². The summed E-state index contributed by atoms with van der Waals surface area (Å²) in [4.78, 5) is 12.3. The summed E-state index contributed by atoms with van der Waals surface area (Å²) in [6, 6.07) is 5.68. The number of hydrogen-bond donors (Lipinski definition) is 1. The van der Waals surface area contributed by atoms with E-state index in [2.05, 4.69) is 42.5 Å². The number of fused-ring (bicyclic) bond motifs is 1. The molecule has 0 saturated carbocycles. The molecule has 2 rings (SSSR count). The quantitative estimate of drug-likeness (QED) is 0.829. The number of nitrogens with one attached hydrogen (secondary N) is 1. The number of aromatic nitrogens is 3. The van der Waals surface area contributed by atoms with E-state index < -0.39 is 0 Å². The van der Waals surface area contributed by atoms with Crippen molar-refractivity contribution in [1.82, 2.24) is 19.9 Å². The van der Waals surface area contributed by atoms with Gasteiger partial charge in [-0.25, -0.2) is 0 Å². The maximum absolute atomic E-state index is 12.3. The summed E-state index contributed by atoms with van der Waals surface area (Å²) in [6.45, 7) is 6.34. The number of carbonyl (C=O) groups is 1. The zero-order valence-electron chi connectivity index (χ0n) is 14.1. The first kappa shape index (κ1) is 18.1. The van der Waals surface area contributed by atoms with Crippen molar-refractivity contribution in [3.8, 4) is 0 Å². The zero-order chi connectivity index (χ0) is 16.9. The Labute approximate surface area is 146 Å². The summed E-state index contributed by atoms with van der Waals surface area (Å²) in [5, 5.41) is 11.6. The van der Waals surface area contributed by atoms with Crippen LogP contribution < -0.4 is 5.32 Å². The minimum Gasteiger partial charge on any atom is -0.345 e. The first-order valence-corrected chi connectivity index (χ1v) is 10.0. The van der Waals surface area contributed by atoms with Crippen molar-refractivity contribution in [3.63, 3.8) is 0 Å². The summed E-state index contributed by atoms with van der Waals surface area (Å²) >= 11 is 3.41. The fraction of sp³-hybridized carbons (Fsp3) is 0.562. The van der Waals surface area contributed by atoms with Crippen molar-refractivity contribution in [1.29, 1.82) is 0 Å². The van der Waals surface area contributed by atoms with Crippen LogP contribution in [0.4, 0.5) is 0 Å². The molecule has 0 saturated heterocycles. The number of pyridine rings is 1. The molecule has 5 nitrogen and oxygen atoms in total. The summed E-state index contributed by atoms with van der Waals surface area (Å²) in [6.07, 6.45) is 4.84. The molecule has 0 aromatic carbocycles. The van der Waals surface area contributed by atoms with Gasteiger partial charge in [0.05, 0.1) is 11.8 Å². The standard InChI is InChI=1S/C16H24N4OS2/c1-16(2,3)23-11-14(21)17-12(8-10-22-4)15-19-18-13-7-5-6-9-20(13)15/h5-7,9,12H,8,10-11H2,1-4H3,(H,17,21). The maximum Gasteiger partial charge on any atom is 0.230 e. The third-order valence-corrected chi connectivity index (χ3v) is 5.15. The molecule has 0 aliphatic heterocycles. The highest BCUT2D eigenvalue weighted by Crippen LogP contribution is 2.23. The largest absolute Gasteiger partial charge is 0.345 e. The highest BCUT2D eigenvalue weighted by molar-refractivity contribution is 8.01. The van der Waals surface area contributed by atoms with Gasteiger partial charge in [-0.05, 0) is 30.6 Å². The summed E-state index contributed by atoms with van der Waals surface area (Å²) < 4.78 is 2.02. The number of rotatable bonds is 7. The predicted octanol–water partition coefficient (Wildman–Crippen LogP) is 3.17. The highest BCUT2D eigenvalue weighted by atomic mass is 32.2. The predicted molar refractivity (Wildman–Crippen MR) is 99.1 cm³/mol. The van der Waals surface area contributed by atoms with Crippen LogP contribution in [0.25, 0.3) is 5.65 Å². The molecule has 126 valence electrons. The van der Waals surface area contributed by atoms with Crippen LogP contribution in [0.3, 0.4) is 0 Å². The Kier molecular flexibility index (Phi) is 6.35. The average molecular weight is 353 g/mol. The second-order valence-corrected chi connectivity index (χ2v) is 9.08. The molecule has 23 heavy (non-hydrogen) atoms. The number of thioether (sulfide) groups is 2. The lowest BCUT2D eigenvalue weighted by Crippen LogP contribution is -2.32. The van der Waals surface area contributed by atoms with Crippen LogP contribution >= 0.6 is 23.5 Å². The van der Waals surface area contributed by atoms with E-state index >= 15 is 0 Å². The smallest absolute Gasteiger partial charge is 0.230 e. The van der Waals surface area contributed by atoms with Crippen molar-refractivity contribution in [2.75, 3.05) is 17.8 Å². The van der Waals surface area contributed by atoms with E-state index in [1.165, 1.54) is 0 Å². The summed E-state index contributed by atoms with van der Waals surface area (Å²) in [5.41, 5.74) is 0.801. The molecule has 1 amide bonds. The van der Waals surface area contributed by atoms with Gasteiger partial charge in [0.2, 0.25) is 5.91 Å². The normalized spacial score (nSPS) is 13.2. The van der Waals surface area contributed by atoms with Gasteiger partial charge in [0, 0.05) is 10.9 Å². The van der Waals surface area contributed by atoms with E-state index in [0.29, 0.717) is 5.75 Å². The van der Waals surface area contributed by atoms with Crippen LogP contribution in [0, 0.1) is 0 Å². The molecule has 2 aromatic rings. The lowest BCUT2D eigenvalue weighted by Gasteiger charge is -2.20. The number of amides is 1. The third-order valence-electron chi connectivity index (χ3n) is 3.23. The highest BCUT2D eigenvalue weighted by Gasteiger charge is 2.21. The van der Waals surface area contributed by atoms with E-state index in [0.717, 1.165) is 23.6 Å². The van der Waals surface area contributed by atoms with Crippen molar-refractivity contribution in [3.05, 3.63) is 30.2 Å². The van der Waals surface area contributed by atoms with Crippen LogP contribution in [-0.2, 0) is 4.79 Å². The maximum atomic E-state index is 12.3. The molecule has 2 heterocycles. The zero-order valence-corrected chi connectivity index (χ0v) is 15.7. The molecule has 0 bridgehead atoms. The molecule has 2 aromatic heterocycles. The van der Waals surface area contributed by atoms with E-state index in [9.17, 15) is 4.79 Å². The average Bonchev–Trinajstić information content (AvgIpc) is 2.93. The minimum atomic E-state index is -0.118. The van der Waals surface area contributed by atoms with Gasteiger partial charge >= 0.3 is 0 Å². The first-order valence-electron chi connectivity index (χ1n) is 7.62. The van der Waals surface area contributed by atoms with Crippen LogP contribution in [0.5, 0.6) is 0 Å². The lowest BCUT2D eigenvalue weighted by molar-refractivity contribution is -0.119. The number of nitrogens with zero attached hydrogens (tertiary/aromatic N) is 3. The third kappa shape index (κ3) is 5.42. The fourth-order valence-corrected chi connectivity index (χ4v) is 3.24. The van der Waals surface area contributed by atoms with Gasteiger partial charge in [-0.3, -0.25) is 9.20 Å².